The van der Waals surface area contributed by atoms with Crippen molar-refractivity contribution in [2.45, 2.75) is 30.8 Å². The van der Waals surface area contributed by atoms with Gasteiger partial charge in [0.15, 0.2) is 0 Å². The van der Waals surface area contributed by atoms with E-state index in [4.69, 9.17) is 10.2 Å². The summed E-state index contributed by atoms with van der Waals surface area (Å²) in [5.74, 6) is 0.299. The maximum Gasteiger partial charge on any atom is 0.250 e. The van der Waals surface area contributed by atoms with Crippen LogP contribution in [0.15, 0.2) is 17.2 Å². The SMILES string of the molecule is O=c1cc(C2CC(NC(CO)CO)C2)nc[nH]1. The lowest BCUT2D eigenvalue weighted by Gasteiger charge is -2.37. The summed E-state index contributed by atoms with van der Waals surface area (Å²) in [5.41, 5.74) is 0.686. The average molecular weight is 239 g/mol. The topological polar surface area (TPSA) is 98.2 Å². The standard InChI is InChI=1S/C11H17N3O3/c15-4-9(5-16)14-8-1-7(2-8)10-3-11(17)13-6-12-10/h3,6-9,14-16H,1-2,4-5H2,(H,12,13,17). The van der Waals surface area contributed by atoms with Crippen LogP contribution in [0.1, 0.15) is 24.5 Å². The molecule has 6 heteroatoms. The van der Waals surface area contributed by atoms with Crippen molar-refractivity contribution in [3.05, 3.63) is 28.4 Å². The van der Waals surface area contributed by atoms with Gasteiger partial charge in [0, 0.05) is 18.0 Å². The average Bonchev–Trinajstić information content (AvgIpc) is 2.28. The van der Waals surface area contributed by atoms with Crippen LogP contribution in [0.2, 0.25) is 0 Å². The minimum Gasteiger partial charge on any atom is -0.395 e. The van der Waals surface area contributed by atoms with Gasteiger partial charge in [0.1, 0.15) is 0 Å². The van der Waals surface area contributed by atoms with Gasteiger partial charge in [-0.3, -0.25) is 4.79 Å². The van der Waals surface area contributed by atoms with Gasteiger partial charge in [0.25, 0.3) is 5.56 Å². The molecule has 0 saturated heterocycles. The van der Waals surface area contributed by atoms with Crippen molar-refractivity contribution in [3.8, 4) is 0 Å². The zero-order valence-corrected chi connectivity index (χ0v) is 9.47. The fourth-order valence-corrected chi connectivity index (χ4v) is 2.10. The molecule has 1 saturated carbocycles. The smallest absolute Gasteiger partial charge is 0.250 e. The van der Waals surface area contributed by atoms with Gasteiger partial charge in [0.05, 0.1) is 31.3 Å². The molecule has 0 radical (unpaired) electrons. The highest BCUT2D eigenvalue weighted by Crippen LogP contribution is 2.35. The van der Waals surface area contributed by atoms with Crippen molar-refractivity contribution in [3.63, 3.8) is 0 Å². The Hall–Kier alpha value is -1.24. The normalized spacial score (nSPS) is 23.7. The Morgan fingerprint density at radius 3 is 2.76 bits per heavy atom. The Labute approximate surface area is 98.7 Å². The van der Waals surface area contributed by atoms with Crippen molar-refractivity contribution in [1.29, 1.82) is 0 Å². The zero-order valence-electron chi connectivity index (χ0n) is 9.47. The third-order valence-electron chi connectivity index (χ3n) is 3.17. The van der Waals surface area contributed by atoms with Gasteiger partial charge in [-0.05, 0) is 12.8 Å². The van der Waals surface area contributed by atoms with Gasteiger partial charge in [-0.2, -0.15) is 0 Å². The van der Waals surface area contributed by atoms with Crippen LogP contribution in [0.4, 0.5) is 0 Å². The third-order valence-corrected chi connectivity index (χ3v) is 3.17. The first-order valence-corrected chi connectivity index (χ1v) is 5.75. The van der Waals surface area contributed by atoms with Gasteiger partial charge in [-0.15, -0.1) is 0 Å². The van der Waals surface area contributed by atoms with Gasteiger partial charge in [-0.1, -0.05) is 0 Å². The molecule has 1 fully saturated rings. The molecule has 94 valence electrons. The van der Waals surface area contributed by atoms with Crippen LogP contribution in [-0.2, 0) is 0 Å². The van der Waals surface area contributed by atoms with Crippen molar-refractivity contribution in [1.82, 2.24) is 15.3 Å². The summed E-state index contributed by atoms with van der Waals surface area (Å²) in [7, 11) is 0. The van der Waals surface area contributed by atoms with Crippen LogP contribution in [-0.4, -0.2) is 45.5 Å². The second-order valence-electron chi connectivity index (χ2n) is 4.43. The van der Waals surface area contributed by atoms with Crippen LogP contribution in [0.25, 0.3) is 0 Å². The largest absolute Gasteiger partial charge is 0.395 e. The number of hydrogen-bond acceptors (Lipinski definition) is 5. The van der Waals surface area contributed by atoms with Gasteiger partial charge >= 0.3 is 0 Å². The number of aliphatic hydroxyl groups excluding tert-OH is 2. The molecule has 0 amide bonds. The first-order chi connectivity index (χ1) is 8.22. The molecule has 6 nitrogen and oxygen atoms in total. The number of nitrogens with zero attached hydrogens (tertiary/aromatic N) is 1. The van der Waals surface area contributed by atoms with E-state index in [9.17, 15) is 4.79 Å². The third kappa shape index (κ3) is 2.91. The molecule has 17 heavy (non-hydrogen) atoms. The molecule has 0 aromatic carbocycles. The molecule has 1 aromatic heterocycles. The van der Waals surface area contributed by atoms with E-state index in [1.807, 2.05) is 0 Å². The lowest BCUT2D eigenvalue weighted by Crippen LogP contribution is -2.48. The summed E-state index contributed by atoms with van der Waals surface area (Å²) < 4.78 is 0. The molecule has 1 heterocycles. The van der Waals surface area contributed by atoms with Gasteiger partial charge < -0.3 is 20.5 Å². The maximum atomic E-state index is 11.1. The first kappa shape index (κ1) is 12.2. The molecular weight excluding hydrogens is 222 g/mol. The van der Waals surface area contributed by atoms with E-state index in [-0.39, 0.29) is 30.9 Å². The Morgan fingerprint density at radius 1 is 1.47 bits per heavy atom. The highest BCUT2D eigenvalue weighted by Gasteiger charge is 2.32. The molecule has 2 rings (SSSR count). The summed E-state index contributed by atoms with van der Waals surface area (Å²) in [6, 6.07) is 1.55. The number of nitrogens with one attached hydrogen (secondary N) is 2. The van der Waals surface area contributed by atoms with Crippen LogP contribution in [0.5, 0.6) is 0 Å². The quantitative estimate of drug-likeness (QED) is 0.526. The predicted octanol–water partition coefficient (Wildman–Crippen LogP) is -1.04. The fourth-order valence-electron chi connectivity index (χ4n) is 2.10. The van der Waals surface area contributed by atoms with E-state index < -0.39 is 0 Å². The summed E-state index contributed by atoms with van der Waals surface area (Å²) in [6.07, 6.45) is 3.18. The molecule has 0 unspecified atom stereocenters. The number of hydrogen-bond donors (Lipinski definition) is 4. The lowest BCUT2D eigenvalue weighted by molar-refractivity contribution is 0.141. The number of H-pyrrole nitrogens is 1. The van der Waals surface area contributed by atoms with Gasteiger partial charge in [-0.25, -0.2) is 4.98 Å². The molecule has 0 bridgehead atoms. The minimum atomic E-state index is -0.256. The fraction of sp³-hybridized carbons (Fsp3) is 0.636. The molecule has 0 aliphatic heterocycles. The van der Waals surface area contributed by atoms with Crippen molar-refractivity contribution in [2.75, 3.05) is 13.2 Å². The Kier molecular flexibility index (Phi) is 3.88. The number of aromatic nitrogens is 2. The first-order valence-electron chi connectivity index (χ1n) is 5.75. The molecular formula is C11H17N3O3. The van der Waals surface area contributed by atoms with Crippen LogP contribution in [0, 0.1) is 0 Å². The van der Waals surface area contributed by atoms with Gasteiger partial charge in [0.2, 0.25) is 0 Å². The van der Waals surface area contributed by atoms with E-state index >= 15 is 0 Å². The van der Waals surface area contributed by atoms with Crippen LogP contribution in [0.3, 0.4) is 0 Å². The molecule has 0 spiro atoms. The van der Waals surface area contributed by atoms with E-state index in [2.05, 4.69) is 15.3 Å². The number of aromatic amines is 1. The molecule has 1 aromatic rings. The van der Waals surface area contributed by atoms with E-state index in [1.165, 1.54) is 12.4 Å². The van der Waals surface area contributed by atoms with Crippen LogP contribution < -0.4 is 10.9 Å². The molecule has 0 atom stereocenters. The summed E-state index contributed by atoms with van der Waals surface area (Å²) in [5, 5.41) is 21.0. The van der Waals surface area contributed by atoms with E-state index in [1.54, 1.807) is 0 Å². The molecule has 1 aliphatic rings. The Morgan fingerprint density at radius 2 is 2.18 bits per heavy atom. The van der Waals surface area contributed by atoms with E-state index in [0.717, 1.165) is 18.5 Å². The Bertz CT molecular complexity index is 410. The minimum absolute atomic E-state index is 0.0685. The maximum absolute atomic E-state index is 11.1. The molecule has 4 N–H and O–H groups in total. The van der Waals surface area contributed by atoms with Crippen molar-refractivity contribution >= 4 is 0 Å². The molecule has 1 aliphatic carbocycles. The number of rotatable bonds is 5. The van der Waals surface area contributed by atoms with Crippen molar-refractivity contribution in [2.24, 2.45) is 0 Å². The highest BCUT2D eigenvalue weighted by atomic mass is 16.3. The van der Waals surface area contributed by atoms with E-state index in [0.29, 0.717) is 5.92 Å². The monoisotopic (exact) mass is 239 g/mol. The second-order valence-corrected chi connectivity index (χ2v) is 4.43. The zero-order chi connectivity index (χ0) is 12.3. The summed E-state index contributed by atoms with van der Waals surface area (Å²) in [6.45, 7) is -0.137. The lowest BCUT2D eigenvalue weighted by atomic mass is 9.78. The summed E-state index contributed by atoms with van der Waals surface area (Å²) >= 11 is 0. The summed E-state index contributed by atoms with van der Waals surface area (Å²) in [4.78, 5) is 17.7. The predicted molar refractivity (Wildman–Crippen MR) is 61.7 cm³/mol. The number of aliphatic hydroxyl groups is 2. The second kappa shape index (κ2) is 5.39. The van der Waals surface area contributed by atoms with Crippen LogP contribution >= 0.6 is 0 Å². The Balaban J connectivity index is 1.84. The van der Waals surface area contributed by atoms with Crippen molar-refractivity contribution < 1.29 is 10.2 Å². The highest BCUT2D eigenvalue weighted by molar-refractivity contribution is 5.12.